The lowest BCUT2D eigenvalue weighted by atomic mass is 9.88. The van der Waals surface area contributed by atoms with E-state index in [4.69, 9.17) is 14.2 Å². The molecule has 2 bridgehead atoms. The summed E-state index contributed by atoms with van der Waals surface area (Å²) >= 11 is 1.82. The maximum atomic E-state index is 12.5. The van der Waals surface area contributed by atoms with E-state index in [0.29, 0.717) is 5.75 Å². The first-order valence-electron chi connectivity index (χ1n) is 11.9. The number of benzene rings is 3. The third-order valence-corrected chi connectivity index (χ3v) is 11.2. The second-order valence-corrected chi connectivity index (χ2v) is 12.5. The molecule has 1 saturated heterocycles. The lowest BCUT2D eigenvalue weighted by Crippen LogP contribution is -2.37. The van der Waals surface area contributed by atoms with Gasteiger partial charge in [0.15, 0.2) is 21.3 Å². The average molecular weight is 504 g/mol. The van der Waals surface area contributed by atoms with Crippen molar-refractivity contribution in [3.05, 3.63) is 72.8 Å². The van der Waals surface area contributed by atoms with Crippen molar-refractivity contribution >= 4 is 34.6 Å². The van der Waals surface area contributed by atoms with Crippen LogP contribution in [0.1, 0.15) is 12.8 Å². The fraction of sp³-hybridized carbons (Fsp3) is 0.286. The molecule has 0 radical (unpaired) electrons. The third kappa shape index (κ3) is 3.55. The molecule has 35 heavy (non-hydrogen) atoms. The number of esters is 2. The minimum Gasteiger partial charge on any atom is -0.482 e. The van der Waals surface area contributed by atoms with E-state index in [0.717, 1.165) is 12.8 Å². The van der Waals surface area contributed by atoms with Gasteiger partial charge in [0.1, 0.15) is 28.9 Å². The van der Waals surface area contributed by atoms with Crippen LogP contribution in [0.5, 0.6) is 5.75 Å². The zero-order valence-electron chi connectivity index (χ0n) is 18.8. The monoisotopic (exact) mass is 503 g/mol. The molecule has 176 valence electrons. The number of fused-ring (bicyclic) bond motifs is 3. The fourth-order valence-electron chi connectivity index (χ4n) is 5.96. The van der Waals surface area contributed by atoms with E-state index in [-0.39, 0.29) is 53.4 Å². The standard InChI is InChI=1S/C28H23O5S2/c29-25(32-26-16-13-19-20(14-16)28(30)33-27(19)26)15-31-17-9-11-18(12-10-17)35-23-7-3-1-5-21(23)34-22-6-2-4-8-24(22)35/h1-12,16,19-20,26-27H,13-15H2/q+1. The van der Waals surface area contributed by atoms with Crippen molar-refractivity contribution in [1.82, 2.24) is 0 Å². The molecule has 7 heteroatoms. The summed E-state index contributed by atoms with van der Waals surface area (Å²) in [4.78, 5) is 30.9. The van der Waals surface area contributed by atoms with Crippen LogP contribution < -0.4 is 4.74 Å². The lowest BCUT2D eigenvalue weighted by molar-refractivity contribution is -0.163. The van der Waals surface area contributed by atoms with Crippen LogP contribution in [0, 0.1) is 17.8 Å². The molecule has 3 aromatic rings. The van der Waals surface area contributed by atoms with Gasteiger partial charge in [0.25, 0.3) is 0 Å². The normalized spacial score (nSPS) is 27.8. The van der Waals surface area contributed by atoms with Gasteiger partial charge in [-0.1, -0.05) is 36.0 Å². The lowest BCUT2D eigenvalue weighted by Gasteiger charge is -2.25. The Morgan fingerprint density at radius 3 is 2.34 bits per heavy atom. The Hall–Kier alpha value is -2.90. The Balaban J connectivity index is 1.04. The number of ether oxygens (including phenoxy) is 3. The highest BCUT2D eigenvalue weighted by Gasteiger charge is 2.63. The zero-order valence-corrected chi connectivity index (χ0v) is 20.4. The number of carbonyl (C=O) groups excluding carboxylic acids is 2. The van der Waals surface area contributed by atoms with Crippen LogP contribution in [-0.4, -0.2) is 30.8 Å². The highest BCUT2D eigenvalue weighted by atomic mass is 32.2. The molecular formula is C28H23O5S2+. The predicted octanol–water partition coefficient (Wildman–Crippen LogP) is 5.12. The molecule has 3 aromatic carbocycles. The van der Waals surface area contributed by atoms with Crippen molar-refractivity contribution in [3.8, 4) is 5.75 Å². The minimum atomic E-state index is -0.417. The van der Waals surface area contributed by atoms with E-state index in [1.165, 1.54) is 24.5 Å². The Bertz CT molecular complexity index is 1280. The van der Waals surface area contributed by atoms with Crippen LogP contribution in [0.2, 0.25) is 0 Å². The van der Waals surface area contributed by atoms with Crippen molar-refractivity contribution in [2.75, 3.05) is 6.61 Å². The third-order valence-electron chi connectivity index (χ3n) is 7.46. The smallest absolute Gasteiger partial charge is 0.344 e. The van der Waals surface area contributed by atoms with Crippen molar-refractivity contribution in [2.45, 2.75) is 49.5 Å². The summed E-state index contributed by atoms with van der Waals surface area (Å²) in [5, 5.41) is 0. The molecule has 7 rings (SSSR count). The van der Waals surface area contributed by atoms with Crippen molar-refractivity contribution < 1.29 is 23.8 Å². The van der Waals surface area contributed by atoms with E-state index in [1.807, 2.05) is 23.9 Å². The van der Waals surface area contributed by atoms with E-state index in [9.17, 15) is 9.59 Å². The number of carbonyl (C=O) groups is 2. The van der Waals surface area contributed by atoms with E-state index in [2.05, 4.69) is 60.7 Å². The molecule has 5 unspecified atom stereocenters. The number of hydrogen-bond acceptors (Lipinski definition) is 6. The molecule has 3 fully saturated rings. The van der Waals surface area contributed by atoms with E-state index in [1.54, 1.807) is 0 Å². The number of hydrogen-bond donors (Lipinski definition) is 0. The summed E-state index contributed by atoms with van der Waals surface area (Å²) in [7, 11) is -0.197. The zero-order chi connectivity index (χ0) is 23.5. The predicted molar refractivity (Wildman–Crippen MR) is 131 cm³/mol. The first kappa shape index (κ1) is 21.4. The summed E-state index contributed by atoms with van der Waals surface area (Å²) in [6, 6.07) is 25.2. The molecule has 4 aliphatic rings. The molecule has 0 spiro atoms. The molecule has 2 aliphatic heterocycles. The van der Waals surface area contributed by atoms with Crippen molar-refractivity contribution in [3.63, 3.8) is 0 Å². The highest BCUT2D eigenvalue weighted by molar-refractivity contribution is 8.04. The molecule has 0 aromatic heterocycles. The van der Waals surface area contributed by atoms with Crippen LogP contribution in [0.15, 0.2) is 97.3 Å². The summed E-state index contributed by atoms with van der Waals surface area (Å²) in [6.45, 7) is -0.161. The Kier molecular flexibility index (Phi) is 5.10. The Morgan fingerprint density at radius 1 is 0.943 bits per heavy atom. The van der Waals surface area contributed by atoms with Gasteiger partial charge >= 0.3 is 11.9 Å². The first-order chi connectivity index (χ1) is 17.2. The van der Waals surface area contributed by atoms with Crippen molar-refractivity contribution in [2.24, 2.45) is 17.8 Å². The van der Waals surface area contributed by atoms with E-state index < -0.39 is 5.97 Å². The van der Waals surface area contributed by atoms with Gasteiger partial charge in [-0.15, -0.1) is 0 Å². The van der Waals surface area contributed by atoms with Gasteiger partial charge < -0.3 is 14.2 Å². The molecule has 2 heterocycles. The van der Waals surface area contributed by atoms with Gasteiger partial charge in [0.2, 0.25) is 0 Å². The molecular weight excluding hydrogens is 480 g/mol. The summed E-state index contributed by atoms with van der Waals surface area (Å²) in [5.74, 6) is 0.540. The van der Waals surface area contributed by atoms with E-state index >= 15 is 0 Å². The van der Waals surface area contributed by atoms with Crippen LogP contribution in [0.25, 0.3) is 0 Å². The maximum Gasteiger partial charge on any atom is 0.344 e. The quantitative estimate of drug-likeness (QED) is 0.278. The van der Waals surface area contributed by atoms with Gasteiger partial charge in [-0.05, 0) is 61.4 Å². The average Bonchev–Trinajstić information content (AvgIpc) is 3.52. The minimum absolute atomic E-state index is 0.0112. The Morgan fingerprint density at radius 2 is 1.63 bits per heavy atom. The van der Waals surface area contributed by atoms with Gasteiger partial charge in [-0.3, -0.25) is 4.79 Å². The molecule has 5 atom stereocenters. The molecule has 5 nitrogen and oxygen atoms in total. The van der Waals surface area contributed by atoms with Crippen molar-refractivity contribution in [1.29, 1.82) is 0 Å². The summed E-state index contributed by atoms with van der Waals surface area (Å²) in [6.07, 6.45) is 1.09. The SMILES string of the molecule is O=C(COc1ccc([S+]2c3ccccc3Sc3ccccc32)cc1)OC1C2CC3C(=O)OC1C3C2. The summed E-state index contributed by atoms with van der Waals surface area (Å²) < 4.78 is 16.9. The van der Waals surface area contributed by atoms with Gasteiger partial charge in [0, 0.05) is 11.8 Å². The maximum absolute atomic E-state index is 12.5. The summed E-state index contributed by atoms with van der Waals surface area (Å²) in [5.41, 5.74) is 0. The van der Waals surface area contributed by atoms with Gasteiger partial charge in [0.05, 0.1) is 15.7 Å². The van der Waals surface area contributed by atoms with Crippen LogP contribution >= 0.6 is 11.8 Å². The fourth-order valence-corrected chi connectivity index (χ4v) is 9.70. The topological polar surface area (TPSA) is 61.8 Å². The second kappa shape index (κ2) is 8.35. The second-order valence-electron chi connectivity index (χ2n) is 9.42. The van der Waals surface area contributed by atoms with Gasteiger partial charge in [-0.25, -0.2) is 4.79 Å². The molecule has 2 saturated carbocycles. The molecule has 0 amide bonds. The largest absolute Gasteiger partial charge is 0.482 e. The molecule has 2 aliphatic carbocycles. The van der Waals surface area contributed by atoms with Crippen LogP contribution in [0.3, 0.4) is 0 Å². The van der Waals surface area contributed by atoms with Crippen LogP contribution in [0.4, 0.5) is 0 Å². The van der Waals surface area contributed by atoms with Gasteiger partial charge in [-0.2, -0.15) is 0 Å². The Labute approximate surface area is 210 Å². The first-order valence-corrected chi connectivity index (χ1v) is 13.9. The number of rotatable bonds is 5. The highest BCUT2D eigenvalue weighted by Crippen LogP contribution is 2.55. The van der Waals surface area contributed by atoms with Crippen LogP contribution in [-0.2, 0) is 30.0 Å². The molecule has 0 N–H and O–H groups in total.